The number of carbonyl (C=O) groups is 1. The quantitative estimate of drug-likeness (QED) is 0.625. The van der Waals surface area contributed by atoms with E-state index in [4.69, 9.17) is 5.73 Å². The van der Waals surface area contributed by atoms with Crippen LogP contribution >= 0.6 is 0 Å². The van der Waals surface area contributed by atoms with Crippen molar-refractivity contribution in [2.75, 3.05) is 6.54 Å². The Bertz CT molecular complexity index is 205. The number of hydrogen-bond donors (Lipinski definition) is 2. The first-order valence-corrected chi connectivity index (χ1v) is 5.30. The molecule has 1 amide bonds. The Morgan fingerprint density at radius 3 is 2.77 bits per heavy atom. The van der Waals surface area contributed by atoms with Crippen LogP contribution in [0.25, 0.3) is 0 Å². The molecule has 3 unspecified atom stereocenters. The molecular formula is C10H18N2O. The van der Waals surface area contributed by atoms with Gasteiger partial charge in [0.25, 0.3) is 0 Å². The molecule has 1 aliphatic heterocycles. The van der Waals surface area contributed by atoms with Crippen LogP contribution in [0, 0.1) is 11.8 Å². The van der Waals surface area contributed by atoms with Crippen LogP contribution in [0.3, 0.4) is 0 Å². The van der Waals surface area contributed by atoms with Crippen LogP contribution < -0.4 is 11.1 Å². The van der Waals surface area contributed by atoms with Crippen LogP contribution in [0.1, 0.15) is 32.1 Å². The topological polar surface area (TPSA) is 55.1 Å². The molecule has 1 heterocycles. The molecule has 0 aromatic carbocycles. The number of rotatable bonds is 1. The zero-order chi connectivity index (χ0) is 9.26. The van der Waals surface area contributed by atoms with Gasteiger partial charge in [0.15, 0.2) is 0 Å². The first-order chi connectivity index (χ1) is 6.27. The Balaban J connectivity index is 1.95. The largest absolute Gasteiger partial charge is 0.356 e. The Hall–Kier alpha value is -0.570. The van der Waals surface area contributed by atoms with E-state index in [1.807, 2.05) is 0 Å². The fourth-order valence-electron chi connectivity index (χ4n) is 2.70. The molecule has 2 fully saturated rings. The number of nitrogens with two attached hydrogens (primary N) is 1. The summed E-state index contributed by atoms with van der Waals surface area (Å²) in [6, 6.07) is 0.340. The van der Waals surface area contributed by atoms with Crippen LogP contribution in [-0.4, -0.2) is 18.5 Å². The summed E-state index contributed by atoms with van der Waals surface area (Å²) < 4.78 is 0. The summed E-state index contributed by atoms with van der Waals surface area (Å²) >= 11 is 0. The lowest BCUT2D eigenvalue weighted by Gasteiger charge is -2.29. The maximum atomic E-state index is 11.4. The molecule has 1 saturated carbocycles. The molecule has 0 bridgehead atoms. The second-order valence-electron chi connectivity index (χ2n) is 4.37. The summed E-state index contributed by atoms with van der Waals surface area (Å²) in [6.07, 6.45) is 5.63. The lowest BCUT2D eigenvalue weighted by molar-refractivity contribution is -0.124. The zero-order valence-electron chi connectivity index (χ0n) is 7.96. The molecule has 1 aliphatic carbocycles. The van der Waals surface area contributed by atoms with Crippen molar-refractivity contribution in [2.24, 2.45) is 17.6 Å². The van der Waals surface area contributed by atoms with Gasteiger partial charge in [0.05, 0.1) is 0 Å². The summed E-state index contributed by atoms with van der Waals surface area (Å²) in [5.41, 5.74) is 5.91. The number of hydrogen-bond acceptors (Lipinski definition) is 2. The predicted molar refractivity (Wildman–Crippen MR) is 51.1 cm³/mol. The average Bonchev–Trinajstić information content (AvgIpc) is 2.51. The molecule has 0 spiro atoms. The fourth-order valence-corrected chi connectivity index (χ4v) is 2.70. The van der Waals surface area contributed by atoms with E-state index >= 15 is 0 Å². The van der Waals surface area contributed by atoms with E-state index < -0.39 is 0 Å². The Labute approximate surface area is 79.1 Å². The van der Waals surface area contributed by atoms with E-state index in [0.29, 0.717) is 12.0 Å². The van der Waals surface area contributed by atoms with Crippen molar-refractivity contribution in [1.29, 1.82) is 0 Å². The summed E-state index contributed by atoms with van der Waals surface area (Å²) in [6.45, 7) is 0.870. The van der Waals surface area contributed by atoms with Crippen LogP contribution in [0.15, 0.2) is 0 Å². The van der Waals surface area contributed by atoms with Gasteiger partial charge in [-0.15, -0.1) is 0 Å². The molecule has 2 rings (SSSR count). The third-order valence-electron chi connectivity index (χ3n) is 3.42. The summed E-state index contributed by atoms with van der Waals surface area (Å²) in [5, 5.41) is 2.90. The number of amides is 1. The highest BCUT2D eigenvalue weighted by Crippen LogP contribution is 2.32. The SMILES string of the molecule is NC1CCCC(C2CCNC2=O)C1. The summed E-state index contributed by atoms with van der Waals surface area (Å²) in [5.74, 6) is 1.09. The molecule has 3 nitrogen and oxygen atoms in total. The lowest BCUT2D eigenvalue weighted by Crippen LogP contribution is -2.34. The van der Waals surface area contributed by atoms with Gasteiger partial charge in [-0.05, 0) is 31.6 Å². The Morgan fingerprint density at radius 2 is 2.15 bits per heavy atom. The monoisotopic (exact) mass is 182 g/mol. The van der Waals surface area contributed by atoms with Gasteiger partial charge in [0.2, 0.25) is 5.91 Å². The average molecular weight is 182 g/mol. The van der Waals surface area contributed by atoms with Crippen molar-refractivity contribution in [3.63, 3.8) is 0 Å². The minimum atomic E-state index is 0.263. The van der Waals surface area contributed by atoms with Crippen LogP contribution in [0.4, 0.5) is 0 Å². The van der Waals surface area contributed by atoms with Crippen LogP contribution in [-0.2, 0) is 4.79 Å². The highest BCUT2D eigenvalue weighted by molar-refractivity contribution is 5.80. The maximum absolute atomic E-state index is 11.4. The van der Waals surface area contributed by atoms with Crippen molar-refractivity contribution in [3.8, 4) is 0 Å². The normalized spacial score (nSPS) is 40.4. The second-order valence-corrected chi connectivity index (χ2v) is 4.37. The minimum Gasteiger partial charge on any atom is -0.356 e. The molecular weight excluding hydrogens is 164 g/mol. The first kappa shape index (κ1) is 9.00. The van der Waals surface area contributed by atoms with Gasteiger partial charge in [-0.1, -0.05) is 6.42 Å². The van der Waals surface area contributed by atoms with Gasteiger partial charge in [0.1, 0.15) is 0 Å². The standard InChI is InChI=1S/C10H18N2O/c11-8-3-1-2-7(6-8)9-4-5-12-10(9)13/h7-9H,1-6,11H2,(H,12,13). The molecule has 3 N–H and O–H groups in total. The van der Waals surface area contributed by atoms with E-state index in [9.17, 15) is 4.79 Å². The van der Waals surface area contributed by atoms with Crippen molar-refractivity contribution in [2.45, 2.75) is 38.1 Å². The maximum Gasteiger partial charge on any atom is 0.223 e. The first-order valence-electron chi connectivity index (χ1n) is 5.30. The third-order valence-corrected chi connectivity index (χ3v) is 3.42. The molecule has 3 heteroatoms. The number of carbonyl (C=O) groups excluding carboxylic acids is 1. The smallest absolute Gasteiger partial charge is 0.223 e. The van der Waals surface area contributed by atoms with Crippen LogP contribution in [0.2, 0.25) is 0 Å². The fraction of sp³-hybridized carbons (Fsp3) is 0.900. The van der Waals surface area contributed by atoms with Crippen LogP contribution in [0.5, 0.6) is 0 Å². The molecule has 0 aromatic heterocycles. The van der Waals surface area contributed by atoms with Crippen molar-refractivity contribution in [3.05, 3.63) is 0 Å². The van der Waals surface area contributed by atoms with E-state index in [2.05, 4.69) is 5.32 Å². The third kappa shape index (κ3) is 1.85. The summed E-state index contributed by atoms with van der Waals surface area (Å²) in [4.78, 5) is 11.4. The predicted octanol–water partition coefficient (Wildman–Crippen LogP) is 0.640. The zero-order valence-corrected chi connectivity index (χ0v) is 7.96. The molecule has 3 atom stereocenters. The van der Waals surface area contributed by atoms with E-state index in [1.54, 1.807) is 0 Å². The summed E-state index contributed by atoms with van der Waals surface area (Å²) in [7, 11) is 0. The number of nitrogens with one attached hydrogen (secondary N) is 1. The second kappa shape index (κ2) is 3.66. The van der Waals surface area contributed by atoms with Gasteiger partial charge in [-0.25, -0.2) is 0 Å². The van der Waals surface area contributed by atoms with Gasteiger partial charge >= 0.3 is 0 Å². The van der Waals surface area contributed by atoms with Crippen molar-refractivity contribution in [1.82, 2.24) is 5.32 Å². The van der Waals surface area contributed by atoms with Crippen molar-refractivity contribution < 1.29 is 4.79 Å². The minimum absolute atomic E-state index is 0.263. The molecule has 0 aromatic rings. The molecule has 1 saturated heterocycles. The van der Waals surface area contributed by atoms with E-state index in [0.717, 1.165) is 25.8 Å². The van der Waals surface area contributed by atoms with Gasteiger partial charge in [-0.2, -0.15) is 0 Å². The van der Waals surface area contributed by atoms with Gasteiger partial charge in [0, 0.05) is 18.5 Å². The molecule has 74 valence electrons. The van der Waals surface area contributed by atoms with Gasteiger partial charge < -0.3 is 11.1 Å². The highest BCUT2D eigenvalue weighted by atomic mass is 16.2. The molecule has 13 heavy (non-hydrogen) atoms. The Kier molecular flexibility index (Phi) is 2.54. The van der Waals surface area contributed by atoms with Crippen molar-refractivity contribution >= 4 is 5.91 Å². The van der Waals surface area contributed by atoms with E-state index in [1.165, 1.54) is 12.8 Å². The molecule has 0 radical (unpaired) electrons. The lowest BCUT2D eigenvalue weighted by atomic mass is 9.77. The molecule has 2 aliphatic rings. The van der Waals surface area contributed by atoms with E-state index in [-0.39, 0.29) is 11.8 Å². The Morgan fingerprint density at radius 1 is 1.31 bits per heavy atom. The van der Waals surface area contributed by atoms with Gasteiger partial charge in [-0.3, -0.25) is 4.79 Å². The highest BCUT2D eigenvalue weighted by Gasteiger charge is 2.34.